The van der Waals surface area contributed by atoms with Gasteiger partial charge in [-0.25, -0.2) is 4.79 Å². The Balaban J connectivity index is 2.63. The third-order valence-electron chi connectivity index (χ3n) is 5.99. The van der Waals surface area contributed by atoms with Crippen molar-refractivity contribution in [3.05, 3.63) is 47.5 Å². The summed E-state index contributed by atoms with van der Waals surface area (Å²) in [7, 11) is 0. The third-order valence-corrected chi connectivity index (χ3v) is 5.99. The molecule has 0 amide bonds. The van der Waals surface area contributed by atoms with Crippen LogP contribution >= 0.6 is 0 Å². The molecule has 0 bridgehead atoms. The highest BCUT2D eigenvalue weighted by Crippen LogP contribution is 2.25. The number of aliphatic hydroxyl groups excluding tert-OH is 1. The van der Waals surface area contributed by atoms with Gasteiger partial charge >= 0.3 is 5.97 Å². The average Bonchev–Trinajstić information content (AvgIpc) is 2.72. The highest BCUT2D eigenvalue weighted by atomic mass is 16.5. The minimum Gasteiger partial charge on any atom is -0.451 e. The first-order chi connectivity index (χ1) is 14.6. The topological polar surface area (TPSA) is 63.6 Å². The Labute approximate surface area is 189 Å². The van der Waals surface area contributed by atoms with Crippen LogP contribution in [0.1, 0.15) is 84.5 Å². The molecule has 0 radical (unpaired) electrons. The molecule has 1 N–H and O–H groups in total. The standard InChI is InChI=1S/C27H42O4/c1-8-12-18(2)15-19(3)16-20(4)17-21(5)25(28)22(6)26(29)23(7)31-27(30)24-13-10-9-11-14-24/h9-11,13-14,17-20,22-23,25,28H,8,12,15-16H2,1-7H3/b21-17+/t18-,19-,20-,22+,23-,25+/m0/s1. The van der Waals surface area contributed by atoms with Crippen LogP contribution in [0, 0.1) is 23.7 Å². The number of aliphatic hydroxyl groups is 1. The van der Waals surface area contributed by atoms with Gasteiger partial charge in [-0.3, -0.25) is 4.79 Å². The first kappa shape index (κ1) is 27.1. The Kier molecular flexibility index (Phi) is 11.8. The zero-order valence-corrected chi connectivity index (χ0v) is 20.4. The van der Waals surface area contributed by atoms with E-state index in [-0.39, 0.29) is 5.78 Å². The maximum atomic E-state index is 12.7. The molecule has 0 saturated carbocycles. The van der Waals surface area contributed by atoms with Crippen LogP contribution in [0.5, 0.6) is 0 Å². The van der Waals surface area contributed by atoms with Gasteiger partial charge in [0.25, 0.3) is 0 Å². The molecule has 31 heavy (non-hydrogen) atoms. The van der Waals surface area contributed by atoms with Gasteiger partial charge in [0.05, 0.1) is 11.7 Å². The molecule has 0 aliphatic heterocycles. The van der Waals surface area contributed by atoms with Crippen molar-refractivity contribution in [2.75, 3.05) is 0 Å². The molecule has 0 heterocycles. The average molecular weight is 431 g/mol. The summed E-state index contributed by atoms with van der Waals surface area (Å²) in [5.74, 6) is 0.224. The molecule has 174 valence electrons. The number of benzene rings is 1. The number of hydrogen-bond acceptors (Lipinski definition) is 4. The van der Waals surface area contributed by atoms with Crippen LogP contribution in [0.2, 0.25) is 0 Å². The summed E-state index contributed by atoms with van der Waals surface area (Å²) in [5, 5.41) is 10.7. The molecule has 1 aromatic rings. The molecule has 0 unspecified atom stereocenters. The number of carbonyl (C=O) groups excluding carboxylic acids is 2. The second-order valence-corrected chi connectivity index (χ2v) is 9.41. The maximum absolute atomic E-state index is 12.7. The van der Waals surface area contributed by atoms with E-state index in [1.165, 1.54) is 19.3 Å². The van der Waals surface area contributed by atoms with Crippen LogP contribution in [0.25, 0.3) is 0 Å². The van der Waals surface area contributed by atoms with E-state index in [0.29, 0.717) is 17.4 Å². The molecule has 0 fully saturated rings. The van der Waals surface area contributed by atoms with Gasteiger partial charge in [0, 0.05) is 5.92 Å². The Morgan fingerprint density at radius 2 is 1.61 bits per heavy atom. The lowest BCUT2D eigenvalue weighted by Gasteiger charge is -2.24. The van der Waals surface area contributed by atoms with Crippen molar-refractivity contribution in [1.82, 2.24) is 0 Å². The van der Waals surface area contributed by atoms with Crippen LogP contribution in [0.4, 0.5) is 0 Å². The van der Waals surface area contributed by atoms with Crippen molar-refractivity contribution in [1.29, 1.82) is 0 Å². The largest absolute Gasteiger partial charge is 0.451 e. The van der Waals surface area contributed by atoms with E-state index < -0.39 is 24.1 Å². The smallest absolute Gasteiger partial charge is 0.338 e. The third kappa shape index (κ3) is 9.39. The number of allylic oxidation sites excluding steroid dienone is 1. The molecular weight excluding hydrogens is 388 g/mol. The summed E-state index contributed by atoms with van der Waals surface area (Å²) in [6, 6.07) is 8.60. The van der Waals surface area contributed by atoms with Gasteiger partial charge in [0.15, 0.2) is 11.9 Å². The Bertz CT molecular complexity index is 709. The predicted octanol–water partition coefficient (Wildman–Crippen LogP) is 6.23. The monoisotopic (exact) mass is 430 g/mol. The minimum atomic E-state index is -0.914. The molecule has 0 aliphatic carbocycles. The molecular formula is C27H42O4. The van der Waals surface area contributed by atoms with Crippen LogP contribution in [-0.2, 0) is 9.53 Å². The number of carbonyl (C=O) groups is 2. The van der Waals surface area contributed by atoms with Gasteiger partial charge in [-0.1, -0.05) is 71.7 Å². The predicted molar refractivity (Wildman–Crippen MR) is 127 cm³/mol. The summed E-state index contributed by atoms with van der Waals surface area (Å²) >= 11 is 0. The maximum Gasteiger partial charge on any atom is 0.338 e. The van der Waals surface area contributed by atoms with Crippen molar-refractivity contribution in [2.24, 2.45) is 23.7 Å². The van der Waals surface area contributed by atoms with Crippen LogP contribution in [-0.4, -0.2) is 29.1 Å². The Hall–Kier alpha value is -1.94. The molecule has 0 spiro atoms. The summed E-state index contributed by atoms with van der Waals surface area (Å²) in [6.45, 7) is 14.1. The highest BCUT2D eigenvalue weighted by Gasteiger charge is 2.29. The van der Waals surface area contributed by atoms with E-state index in [1.807, 2.05) is 13.0 Å². The quantitative estimate of drug-likeness (QED) is 0.297. The lowest BCUT2D eigenvalue weighted by atomic mass is 9.85. The number of esters is 1. The summed E-state index contributed by atoms with van der Waals surface area (Å²) in [4.78, 5) is 24.9. The first-order valence-electron chi connectivity index (χ1n) is 11.7. The van der Waals surface area contributed by atoms with E-state index in [1.54, 1.807) is 38.1 Å². The lowest BCUT2D eigenvalue weighted by molar-refractivity contribution is -0.133. The van der Waals surface area contributed by atoms with Crippen molar-refractivity contribution >= 4 is 11.8 Å². The number of ether oxygens (including phenoxy) is 1. The zero-order chi connectivity index (χ0) is 23.6. The number of ketones is 1. The SMILES string of the molecule is CCC[C@H](C)C[C@H](C)C[C@H](C)/C=C(\C)[C@@H](O)[C@@H](C)C(=O)[C@H](C)OC(=O)c1ccccc1. The van der Waals surface area contributed by atoms with Crippen molar-refractivity contribution < 1.29 is 19.4 Å². The summed E-state index contributed by atoms with van der Waals surface area (Å²) in [5.41, 5.74) is 1.20. The van der Waals surface area contributed by atoms with E-state index in [9.17, 15) is 14.7 Å². The highest BCUT2D eigenvalue weighted by molar-refractivity contribution is 5.93. The fraction of sp³-hybridized carbons (Fsp3) is 0.630. The van der Waals surface area contributed by atoms with Crippen molar-refractivity contribution in [3.8, 4) is 0 Å². The second-order valence-electron chi connectivity index (χ2n) is 9.41. The fourth-order valence-electron chi connectivity index (χ4n) is 4.42. The number of hydrogen-bond donors (Lipinski definition) is 1. The Morgan fingerprint density at radius 1 is 1.00 bits per heavy atom. The Morgan fingerprint density at radius 3 is 2.19 bits per heavy atom. The molecule has 1 aromatic carbocycles. The van der Waals surface area contributed by atoms with Crippen LogP contribution in [0.15, 0.2) is 42.0 Å². The van der Waals surface area contributed by atoms with E-state index in [4.69, 9.17) is 4.74 Å². The van der Waals surface area contributed by atoms with Crippen LogP contribution < -0.4 is 0 Å². The summed E-state index contributed by atoms with van der Waals surface area (Å²) in [6.07, 6.45) is 5.04. The molecule has 4 nitrogen and oxygen atoms in total. The zero-order valence-electron chi connectivity index (χ0n) is 20.4. The van der Waals surface area contributed by atoms with Gasteiger partial charge in [-0.05, 0) is 62.1 Å². The second kappa shape index (κ2) is 13.5. The van der Waals surface area contributed by atoms with Gasteiger partial charge in [0.1, 0.15) is 0 Å². The van der Waals surface area contributed by atoms with Gasteiger partial charge in [-0.2, -0.15) is 0 Å². The fourth-order valence-corrected chi connectivity index (χ4v) is 4.42. The van der Waals surface area contributed by atoms with E-state index in [2.05, 4.69) is 33.8 Å². The summed E-state index contributed by atoms with van der Waals surface area (Å²) < 4.78 is 5.32. The molecule has 6 atom stereocenters. The molecule has 0 aliphatic rings. The number of rotatable bonds is 13. The molecule has 4 heteroatoms. The molecule has 1 rings (SSSR count). The minimum absolute atomic E-state index is 0.279. The molecule has 0 saturated heterocycles. The molecule has 0 aromatic heterocycles. The normalized spacial score (nSPS) is 17.9. The van der Waals surface area contributed by atoms with Crippen molar-refractivity contribution in [3.63, 3.8) is 0 Å². The first-order valence-corrected chi connectivity index (χ1v) is 11.7. The van der Waals surface area contributed by atoms with Gasteiger partial charge in [0.2, 0.25) is 0 Å². The van der Waals surface area contributed by atoms with E-state index in [0.717, 1.165) is 17.9 Å². The van der Waals surface area contributed by atoms with Gasteiger partial charge < -0.3 is 9.84 Å². The van der Waals surface area contributed by atoms with Gasteiger partial charge in [-0.15, -0.1) is 0 Å². The van der Waals surface area contributed by atoms with Crippen LogP contribution in [0.3, 0.4) is 0 Å². The van der Waals surface area contributed by atoms with Crippen molar-refractivity contribution in [2.45, 2.75) is 86.4 Å². The lowest BCUT2D eigenvalue weighted by Crippen LogP contribution is -2.35. The van der Waals surface area contributed by atoms with E-state index >= 15 is 0 Å². The number of Topliss-reactive ketones (excluding diaryl/α,β-unsaturated/α-hetero) is 1.